The van der Waals surface area contributed by atoms with Crippen LogP contribution in [0.3, 0.4) is 0 Å². The van der Waals surface area contributed by atoms with E-state index in [1.54, 1.807) is 0 Å². The van der Waals surface area contributed by atoms with Gasteiger partial charge in [-0.3, -0.25) is 0 Å². The summed E-state index contributed by atoms with van der Waals surface area (Å²) in [5, 5.41) is 8.75. The van der Waals surface area contributed by atoms with Crippen LogP contribution in [0.5, 0.6) is 0 Å². The van der Waals surface area contributed by atoms with E-state index in [-0.39, 0.29) is 11.6 Å². The summed E-state index contributed by atoms with van der Waals surface area (Å²) >= 11 is 0. The Morgan fingerprint density at radius 2 is 1.90 bits per heavy atom. The fourth-order valence-electron chi connectivity index (χ4n) is 2.00. The van der Waals surface area contributed by atoms with Gasteiger partial charge in [-0.2, -0.15) is 4.31 Å². The van der Waals surface area contributed by atoms with Gasteiger partial charge in [-0.1, -0.05) is 13.8 Å². The average Bonchev–Trinajstić information content (AvgIpc) is 2.39. The van der Waals surface area contributed by atoms with Crippen molar-refractivity contribution < 1.29 is 22.7 Å². The Kier molecular flexibility index (Phi) is 5.24. The lowest BCUT2D eigenvalue weighted by Gasteiger charge is -2.25. The van der Waals surface area contributed by atoms with Gasteiger partial charge in [-0.25, -0.2) is 17.6 Å². The molecule has 1 N–H and O–H groups in total. The molecule has 1 rings (SSSR count). The largest absolute Gasteiger partial charge is 0.478 e. The molecule has 0 radical (unpaired) electrons. The standard InChI is InChI=1S/C13H18FNO4S/c1-4-10(5-2)15(3)20(18,19)12-7-6-9(13(16)17)8-11(12)14/h6-8,10H,4-5H2,1-3H3,(H,16,17). The maximum Gasteiger partial charge on any atom is 0.335 e. The van der Waals surface area contributed by atoms with Crippen molar-refractivity contribution in [3.63, 3.8) is 0 Å². The van der Waals surface area contributed by atoms with Crippen LogP contribution in [0, 0.1) is 5.82 Å². The van der Waals surface area contributed by atoms with Crippen LogP contribution < -0.4 is 0 Å². The van der Waals surface area contributed by atoms with E-state index in [1.165, 1.54) is 7.05 Å². The smallest absolute Gasteiger partial charge is 0.335 e. The van der Waals surface area contributed by atoms with Crippen molar-refractivity contribution in [3.05, 3.63) is 29.6 Å². The fourth-order valence-corrected chi connectivity index (χ4v) is 3.54. The number of sulfonamides is 1. The van der Waals surface area contributed by atoms with E-state index >= 15 is 0 Å². The predicted molar refractivity (Wildman–Crippen MR) is 72.7 cm³/mol. The zero-order valence-corrected chi connectivity index (χ0v) is 12.4. The molecule has 20 heavy (non-hydrogen) atoms. The Morgan fingerprint density at radius 1 is 1.35 bits per heavy atom. The highest BCUT2D eigenvalue weighted by molar-refractivity contribution is 7.89. The highest BCUT2D eigenvalue weighted by Crippen LogP contribution is 2.23. The Morgan fingerprint density at radius 3 is 2.30 bits per heavy atom. The lowest BCUT2D eigenvalue weighted by molar-refractivity contribution is 0.0696. The van der Waals surface area contributed by atoms with Crippen LogP contribution in [0.1, 0.15) is 37.0 Å². The molecule has 0 aliphatic carbocycles. The zero-order valence-electron chi connectivity index (χ0n) is 11.6. The van der Waals surface area contributed by atoms with Gasteiger partial charge in [0.15, 0.2) is 0 Å². The van der Waals surface area contributed by atoms with Gasteiger partial charge in [0.1, 0.15) is 10.7 Å². The molecule has 112 valence electrons. The Balaban J connectivity index is 3.26. The predicted octanol–water partition coefficient (Wildman–Crippen LogP) is 2.33. The van der Waals surface area contributed by atoms with Crippen molar-refractivity contribution in [2.45, 2.75) is 37.6 Å². The van der Waals surface area contributed by atoms with Gasteiger partial charge in [-0.15, -0.1) is 0 Å². The number of rotatable bonds is 6. The van der Waals surface area contributed by atoms with Gasteiger partial charge in [-0.05, 0) is 31.0 Å². The van der Waals surface area contributed by atoms with Gasteiger partial charge in [0.2, 0.25) is 10.0 Å². The van der Waals surface area contributed by atoms with Gasteiger partial charge in [0.25, 0.3) is 0 Å². The molecule has 0 bridgehead atoms. The van der Waals surface area contributed by atoms with Crippen LogP contribution >= 0.6 is 0 Å². The highest BCUT2D eigenvalue weighted by atomic mass is 32.2. The molecule has 0 saturated heterocycles. The van der Waals surface area contributed by atoms with E-state index in [9.17, 15) is 17.6 Å². The molecular weight excluding hydrogens is 285 g/mol. The van der Waals surface area contributed by atoms with Gasteiger partial charge >= 0.3 is 5.97 Å². The minimum Gasteiger partial charge on any atom is -0.478 e. The third-order valence-corrected chi connectivity index (χ3v) is 5.24. The first-order valence-corrected chi connectivity index (χ1v) is 7.70. The second-order valence-electron chi connectivity index (χ2n) is 4.44. The number of hydrogen-bond acceptors (Lipinski definition) is 3. The summed E-state index contributed by atoms with van der Waals surface area (Å²) in [6.45, 7) is 3.70. The molecule has 0 amide bonds. The molecule has 1 aromatic carbocycles. The molecule has 0 aliphatic rings. The van der Waals surface area contributed by atoms with Crippen LogP contribution in [0.15, 0.2) is 23.1 Å². The Labute approximate surface area is 118 Å². The summed E-state index contributed by atoms with van der Waals surface area (Å²) in [4.78, 5) is 10.2. The topological polar surface area (TPSA) is 74.7 Å². The van der Waals surface area contributed by atoms with E-state index in [2.05, 4.69) is 0 Å². The fraction of sp³-hybridized carbons (Fsp3) is 0.462. The SMILES string of the molecule is CCC(CC)N(C)S(=O)(=O)c1ccc(C(=O)O)cc1F. The summed E-state index contributed by atoms with van der Waals surface area (Å²) in [5.74, 6) is -2.36. The van der Waals surface area contributed by atoms with Crippen molar-refractivity contribution in [3.8, 4) is 0 Å². The molecule has 5 nitrogen and oxygen atoms in total. The van der Waals surface area contributed by atoms with E-state index < -0.39 is 26.7 Å². The minimum absolute atomic E-state index is 0.224. The second kappa shape index (κ2) is 6.32. The number of carboxylic acid groups (broad SMARTS) is 1. The number of carbonyl (C=O) groups is 1. The molecule has 0 saturated carbocycles. The number of hydrogen-bond donors (Lipinski definition) is 1. The molecule has 0 spiro atoms. The normalized spacial score (nSPS) is 12.1. The highest BCUT2D eigenvalue weighted by Gasteiger charge is 2.29. The summed E-state index contributed by atoms with van der Waals surface area (Å²) in [6, 6.07) is 2.57. The molecule has 1 aromatic rings. The second-order valence-corrected chi connectivity index (χ2v) is 6.41. The summed E-state index contributed by atoms with van der Waals surface area (Å²) in [7, 11) is -2.57. The van der Waals surface area contributed by atoms with Crippen LogP contribution in [0.4, 0.5) is 4.39 Å². The summed E-state index contributed by atoms with van der Waals surface area (Å²) in [5.41, 5.74) is -0.286. The van der Waals surface area contributed by atoms with Gasteiger partial charge in [0.05, 0.1) is 5.56 Å². The summed E-state index contributed by atoms with van der Waals surface area (Å²) in [6.07, 6.45) is 1.22. The average molecular weight is 303 g/mol. The van der Waals surface area contributed by atoms with E-state index in [4.69, 9.17) is 5.11 Å². The number of halogens is 1. The van der Waals surface area contributed by atoms with Crippen LogP contribution in [0.2, 0.25) is 0 Å². The van der Waals surface area contributed by atoms with Crippen LogP contribution in [-0.4, -0.2) is 36.9 Å². The van der Waals surface area contributed by atoms with Crippen molar-refractivity contribution in [2.75, 3.05) is 7.05 Å². The Bertz CT molecular complexity index is 596. The molecule has 0 heterocycles. The minimum atomic E-state index is -3.97. The Hall–Kier alpha value is -1.47. The number of carboxylic acids is 1. The van der Waals surface area contributed by atoms with Crippen molar-refractivity contribution >= 4 is 16.0 Å². The lowest BCUT2D eigenvalue weighted by atomic mass is 10.2. The van der Waals surface area contributed by atoms with Crippen molar-refractivity contribution in [2.24, 2.45) is 0 Å². The van der Waals surface area contributed by atoms with E-state index in [0.717, 1.165) is 22.5 Å². The maximum absolute atomic E-state index is 13.9. The first kappa shape index (κ1) is 16.6. The first-order valence-electron chi connectivity index (χ1n) is 6.26. The number of nitrogens with zero attached hydrogens (tertiary/aromatic N) is 1. The first-order chi connectivity index (χ1) is 9.25. The summed E-state index contributed by atoms with van der Waals surface area (Å²) < 4.78 is 39.7. The van der Waals surface area contributed by atoms with Crippen molar-refractivity contribution in [1.82, 2.24) is 4.31 Å². The number of aromatic carboxylic acids is 1. The zero-order chi connectivity index (χ0) is 15.5. The van der Waals surface area contributed by atoms with E-state index in [1.807, 2.05) is 13.8 Å². The van der Waals surface area contributed by atoms with Gasteiger partial charge in [0, 0.05) is 13.1 Å². The third kappa shape index (κ3) is 3.16. The lowest BCUT2D eigenvalue weighted by Crippen LogP contribution is -2.36. The molecule has 7 heteroatoms. The van der Waals surface area contributed by atoms with E-state index in [0.29, 0.717) is 12.8 Å². The molecule has 0 aliphatic heterocycles. The monoisotopic (exact) mass is 303 g/mol. The maximum atomic E-state index is 13.9. The third-order valence-electron chi connectivity index (χ3n) is 3.29. The molecular formula is C13H18FNO4S. The molecule has 0 atom stereocenters. The van der Waals surface area contributed by atoms with Crippen LogP contribution in [0.25, 0.3) is 0 Å². The van der Waals surface area contributed by atoms with Crippen molar-refractivity contribution in [1.29, 1.82) is 0 Å². The molecule has 0 aromatic heterocycles. The molecule has 0 fully saturated rings. The van der Waals surface area contributed by atoms with Crippen LogP contribution in [-0.2, 0) is 10.0 Å². The molecule has 0 unspecified atom stereocenters. The van der Waals surface area contributed by atoms with Gasteiger partial charge < -0.3 is 5.11 Å². The quantitative estimate of drug-likeness (QED) is 0.875. The number of benzene rings is 1.